The van der Waals surface area contributed by atoms with Gasteiger partial charge in [-0.15, -0.1) is 0 Å². The third-order valence-corrected chi connectivity index (χ3v) is 2.94. The number of nitrogens with zero attached hydrogens (tertiary/aromatic N) is 1. The largest absolute Gasteiger partial charge is 0.490 e. The molecule has 1 aliphatic rings. The molecular formula is C8H7Br2NO. The number of alkyl halides is 1. The number of pyridine rings is 1. The van der Waals surface area contributed by atoms with Crippen LogP contribution in [0.1, 0.15) is 11.4 Å². The van der Waals surface area contributed by atoms with E-state index in [0.717, 1.165) is 40.0 Å². The zero-order chi connectivity index (χ0) is 8.55. The van der Waals surface area contributed by atoms with Crippen LogP contribution in [0.3, 0.4) is 0 Å². The molecule has 1 aliphatic heterocycles. The topological polar surface area (TPSA) is 22.1 Å². The first-order chi connectivity index (χ1) is 5.81. The van der Waals surface area contributed by atoms with Crippen molar-refractivity contribution in [3.8, 4) is 5.75 Å². The highest BCUT2D eigenvalue weighted by Crippen LogP contribution is 2.33. The Kier molecular flexibility index (Phi) is 2.37. The maximum atomic E-state index is 5.40. The first-order valence-electron chi connectivity index (χ1n) is 3.68. The summed E-state index contributed by atoms with van der Waals surface area (Å²) in [4.78, 5) is 4.43. The fraction of sp³-hybridized carbons (Fsp3) is 0.375. The highest BCUT2D eigenvalue weighted by atomic mass is 79.9. The van der Waals surface area contributed by atoms with Crippen LogP contribution in [0.4, 0.5) is 0 Å². The maximum absolute atomic E-state index is 5.40. The lowest BCUT2D eigenvalue weighted by molar-refractivity contribution is 0.355. The molecular weight excluding hydrogens is 286 g/mol. The number of aromatic nitrogens is 1. The summed E-state index contributed by atoms with van der Waals surface area (Å²) < 4.78 is 6.42. The van der Waals surface area contributed by atoms with Gasteiger partial charge in [-0.3, -0.25) is 4.98 Å². The van der Waals surface area contributed by atoms with Crippen LogP contribution >= 0.6 is 31.9 Å². The minimum absolute atomic E-state index is 0.757. The van der Waals surface area contributed by atoms with Crippen LogP contribution in [0.15, 0.2) is 10.5 Å². The lowest BCUT2D eigenvalue weighted by atomic mass is 10.2. The number of hydrogen-bond donors (Lipinski definition) is 0. The second kappa shape index (κ2) is 3.34. The molecule has 1 aromatic heterocycles. The Morgan fingerprint density at radius 1 is 1.58 bits per heavy atom. The molecule has 0 aliphatic carbocycles. The molecule has 0 atom stereocenters. The first-order valence-corrected chi connectivity index (χ1v) is 5.60. The van der Waals surface area contributed by atoms with Crippen molar-refractivity contribution in [1.82, 2.24) is 4.98 Å². The van der Waals surface area contributed by atoms with E-state index in [4.69, 9.17) is 4.74 Å². The van der Waals surface area contributed by atoms with Gasteiger partial charge in [-0.2, -0.15) is 0 Å². The van der Waals surface area contributed by atoms with Gasteiger partial charge in [0.2, 0.25) is 0 Å². The molecule has 2 nitrogen and oxygen atoms in total. The zero-order valence-electron chi connectivity index (χ0n) is 6.31. The van der Waals surface area contributed by atoms with E-state index in [-0.39, 0.29) is 0 Å². The van der Waals surface area contributed by atoms with Crippen LogP contribution in [-0.4, -0.2) is 11.6 Å². The molecule has 64 valence electrons. The molecule has 0 unspecified atom stereocenters. The summed E-state index contributed by atoms with van der Waals surface area (Å²) in [6.45, 7) is 0.757. The summed E-state index contributed by atoms with van der Waals surface area (Å²) in [7, 11) is 0. The lowest BCUT2D eigenvalue weighted by Crippen LogP contribution is -1.90. The van der Waals surface area contributed by atoms with Crippen molar-refractivity contribution in [3.63, 3.8) is 0 Å². The van der Waals surface area contributed by atoms with Gasteiger partial charge < -0.3 is 4.74 Å². The SMILES string of the molecule is BrCc1cc(Br)c2c(n1)CCO2. The van der Waals surface area contributed by atoms with E-state index in [2.05, 4.69) is 36.8 Å². The molecule has 1 aromatic rings. The summed E-state index contributed by atoms with van der Waals surface area (Å²) in [5.41, 5.74) is 2.12. The first kappa shape index (κ1) is 8.51. The molecule has 0 bridgehead atoms. The number of hydrogen-bond acceptors (Lipinski definition) is 2. The number of fused-ring (bicyclic) bond motifs is 1. The van der Waals surface area contributed by atoms with Crippen LogP contribution in [-0.2, 0) is 11.8 Å². The van der Waals surface area contributed by atoms with Gasteiger partial charge in [0.25, 0.3) is 0 Å². The number of halogens is 2. The Labute approximate surface area is 87.6 Å². The molecule has 0 saturated heterocycles. The number of rotatable bonds is 1. The van der Waals surface area contributed by atoms with Crippen LogP contribution in [0.5, 0.6) is 5.75 Å². The fourth-order valence-corrected chi connectivity index (χ4v) is 2.14. The van der Waals surface area contributed by atoms with E-state index in [1.165, 1.54) is 0 Å². The van der Waals surface area contributed by atoms with Gasteiger partial charge in [0.1, 0.15) is 0 Å². The molecule has 0 fully saturated rings. The van der Waals surface area contributed by atoms with Gasteiger partial charge in [-0.1, -0.05) is 15.9 Å². The number of ether oxygens (including phenoxy) is 1. The van der Waals surface area contributed by atoms with Crippen LogP contribution in [0.2, 0.25) is 0 Å². The van der Waals surface area contributed by atoms with Gasteiger partial charge in [-0.05, 0) is 22.0 Å². The molecule has 2 heterocycles. The predicted molar refractivity (Wildman–Crippen MR) is 53.8 cm³/mol. The second-order valence-corrected chi connectivity index (χ2v) is 4.02. The van der Waals surface area contributed by atoms with E-state index in [1.54, 1.807) is 0 Å². The third kappa shape index (κ3) is 1.38. The zero-order valence-corrected chi connectivity index (χ0v) is 9.48. The van der Waals surface area contributed by atoms with Crippen molar-refractivity contribution in [2.75, 3.05) is 6.61 Å². The summed E-state index contributed by atoms with van der Waals surface area (Å²) >= 11 is 6.83. The van der Waals surface area contributed by atoms with E-state index in [0.29, 0.717) is 0 Å². The van der Waals surface area contributed by atoms with E-state index in [1.807, 2.05) is 6.07 Å². The van der Waals surface area contributed by atoms with E-state index >= 15 is 0 Å². The quantitative estimate of drug-likeness (QED) is 0.743. The van der Waals surface area contributed by atoms with Crippen molar-refractivity contribution >= 4 is 31.9 Å². The smallest absolute Gasteiger partial charge is 0.155 e. The summed E-state index contributed by atoms with van der Waals surface area (Å²) in [6, 6.07) is 1.99. The molecule has 0 amide bonds. The molecule has 2 rings (SSSR count). The molecule has 0 radical (unpaired) electrons. The van der Waals surface area contributed by atoms with Gasteiger partial charge in [0.15, 0.2) is 5.75 Å². The van der Waals surface area contributed by atoms with Crippen molar-refractivity contribution in [2.45, 2.75) is 11.8 Å². The van der Waals surface area contributed by atoms with Gasteiger partial charge in [-0.25, -0.2) is 0 Å². The molecule has 0 saturated carbocycles. The predicted octanol–water partition coefficient (Wildman–Crippen LogP) is 2.67. The van der Waals surface area contributed by atoms with Crippen molar-refractivity contribution in [1.29, 1.82) is 0 Å². The molecule has 0 spiro atoms. The minimum atomic E-state index is 0.757. The fourth-order valence-electron chi connectivity index (χ4n) is 1.25. The van der Waals surface area contributed by atoms with Gasteiger partial charge >= 0.3 is 0 Å². The molecule has 4 heteroatoms. The van der Waals surface area contributed by atoms with Crippen LogP contribution in [0, 0.1) is 0 Å². The highest BCUT2D eigenvalue weighted by Gasteiger charge is 2.17. The normalized spacial score (nSPS) is 14.2. The summed E-state index contributed by atoms with van der Waals surface area (Å²) in [5.74, 6) is 0.916. The minimum Gasteiger partial charge on any atom is -0.490 e. The standard InChI is InChI=1S/C8H7Br2NO/c9-4-5-3-6(10)8-7(11-5)1-2-12-8/h3H,1-2,4H2. The Morgan fingerprint density at radius 2 is 2.42 bits per heavy atom. The Hall–Kier alpha value is -0.0900. The van der Waals surface area contributed by atoms with Crippen molar-refractivity contribution < 1.29 is 4.74 Å². The summed E-state index contributed by atoms with van der Waals surface area (Å²) in [6.07, 6.45) is 0.925. The van der Waals surface area contributed by atoms with E-state index in [9.17, 15) is 0 Å². The molecule has 0 aromatic carbocycles. The highest BCUT2D eigenvalue weighted by molar-refractivity contribution is 9.10. The Balaban J connectivity index is 2.51. The Bertz CT molecular complexity index is 314. The second-order valence-electron chi connectivity index (χ2n) is 2.60. The van der Waals surface area contributed by atoms with Gasteiger partial charge in [0.05, 0.1) is 22.5 Å². The monoisotopic (exact) mass is 291 g/mol. The third-order valence-electron chi connectivity index (χ3n) is 1.77. The maximum Gasteiger partial charge on any atom is 0.155 e. The average molecular weight is 293 g/mol. The lowest BCUT2D eigenvalue weighted by Gasteiger charge is -2.02. The van der Waals surface area contributed by atoms with Crippen LogP contribution in [0.25, 0.3) is 0 Å². The van der Waals surface area contributed by atoms with E-state index < -0.39 is 0 Å². The Morgan fingerprint density at radius 3 is 3.17 bits per heavy atom. The van der Waals surface area contributed by atoms with Gasteiger partial charge in [0, 0.05) is 11.8 Å². The average Bonchev–Trinajstić information content (AvgIpc) is 2.52. The van der Waals surface area contributed by atoms with Crippen LogP contribution < -0.4 is 4.74 Å². The van der Waals surface area contributed by atoms with Crippen molar-refractivity contribution in [3.05, 3.63) is 21.9 Å². The molecule has 0 N–H and O–H groups in total. The molecule has 12 heavy (non-hydrogen) atoms. The summed E-state index contributed by atoms with van der Waals surface area (Å²) in [5, 5.41) is 0.791. The van der Waals surface area contributed by atoms with Crippen molar-refractivity contribution in [2.24, 2.45) is 0 Å².